The zero-order valence-corrected chi connectivity index (χ0v) is 4.75. The second kappa shape index (κ2) is 1.80. The van der Waals surface area contributed by atoms with Gasteiger partial charge in [-0.15, -0.1) is 11.6 Å². The van der Waals surface area contributed by atoms with Gasteiger partial charge in [0.25, 0.3) is 0 Å². The van der Waals surface area contributed by atoms with E-state index in [1.54, 1.807) is 0 Å². The molecule has 1 radical (unpaired) electrons. The van der Waals surface area contributed by atoms with E-state index in [9.17, 15) is 8.42 Å². The molecule has 2 nitrogen and oxygen atoms in total. The summed E-state index contributed by atoms with van der Waals surface area (Å²) in [7, 11) is -3.02. The van der Waals surface area contributed by atoms with Crippen LogP contribution in [0, 0.1) is 5.21 Å². The molecule has 0 aromatic rings. The van der Waals surface area contributed by atoms with Crippen molar-refractivity contribution in [3.05, 3.63) is 5.21 Å². The molecule has 0 N–H and O–H groups in total. The maximum Gasteiger partial charge on any atom is 0.166 e. The summed E-state index contributed by atoms with van der Waals surface area (Å²) in [5.74, 6) is 0. The maximum absolute atomic E-state index is 9.81. The first-order chi connectivity index (χ1) is 2.56. The number of rotatable bonds is 1. The van der Waals surface area contributed by atoms with Gasteiger partial charge in [-0.3, -0.25) is 0 Å². The SMILES string of the molecule is CS(=O)(=O)[CH]Cl. The van der Waals surface area contributed by atoms with Crippen LogP contribution in [0.3, 0.4) is 0 Å². The average Bonchev–Trinajstić information content (AvgIpc) is 1.35. The van der Waals surface area contributed by atoms with Gasteiger partial charge in [0.15, 0.2) is 15.0 Å². The van der Waals surface area contributed by atoms with Crippen molar-refractivity contribution in [2.24, 2.45) is 0 Å². The first-order valence-electron chi connectivity index (χ1n) is 1.20. The fourth-order valence-corrected chi connectivity index (χ4v) is 0. The standard InChI is InChI=1S/C2H4ClO2S/c1-6(4,5)2-3/h2H,1H3. The van der Waals surface area contributed by atoms with E-state index >= 15 is 0 Å². The molecule has 0 atom stereocenters. The molecule has 0 heterocycles. The Bertz CT molecular complexity index is 114. The van der Waals surface area contributed by atoms with E-state index in [0.717, 1.165) is 6.26 Å². The van der Waals surface area contributed by atoms with Crippen molar-refractivity contribution in [1.29, 1.82) is 0 Å². The molecular formula is C2H4ClO2S. The van der Waals surface area contributed by atoms with Crippen LogP contribution in [0.15, 0.2) is 0 Å². The highest BCUT2D eigenvalue weighted by Gasteiger charge is 1.94. The predicted molar refractivity (Wildman–Crippen MR) is 25.0 cm³/mol. The Morgan fingerprint density at radius 2 is 1.83 bits per heavy atom. The van der Waals surface area contributed by atoms with Crippen molar-refractivity contribution < 1.29 is 8.42 Å². The minimum absolute atomic E-state index is 0.632. The molecule has 0 saturated carbocycles. The molecule has 0 unspecified atom stereocenters. The van der Waals surface area contributed by atoms with Gasteiger partial charge in [-0.2, -0.15) is 0 Å². The zero-order valence-electron chi connectivity index (χ0n) is 3.18. The number of sulfone groups is 1. The lowest BCUT2D eigenvalue weighted by Crippen LogP contribution is -1.88. The molecule has 0 aromatic carbocycles. The van der Waals surface area contributed by atoms with Gasteiger partial charge >= 0.3 is 0 Å². The third-order valence-corrected chi connectivity index (χ3v) is 1.46. The average molecular weight is 128 g/mol. The van der Waals surface area contributed by atoms with Crippen molar-refractivity contribution in [3.63, 3.8) is 0 Å². The molecule has 0 saturated heterocycles. The number of halogens is 1. The first-order valence-corrected chi connectivity index (χ1v) is 3.59. The van der Waals surface area contributed by atoms with Gasteiger partial charge in [0.05, 0.1) is 0 Å². The van der Waals surface area contributed by atoms with Gasteiger partial charge in [0, 0.05) is 6.26 Å². The summed E-state index contributed by atoms with van der Waals surface area (Å²) in [6, 6.07) is 0. The summed E-state index contributed by atoms with van der Waals surface area (Å²) >= 11 is 4.76. The Morgan fingerprint density at radius 1 is 1.67 bits per heavy atom. The number of hydrogen-bond acceptors (Lipinski definition) is 2. The van der Waals surface area contributed by atoms with Gasteiger partial charge in [0.1, 0.15) is 0 Å². The van der Waals surface area contributed by atoms with Gasteiger partial charge in [-0.05, 0) is 0 Å². The molecular weight excluding hydrogens is 124 g/mol. The normalized spacial score (nSPS) is 11.7. The van der Waals surface area contributed by atoms with Crippen molar-refractivity contribution in [3.8, 4) is 0 Å². The molecule has 6 heavy (non-hydrogen) atoms. The largest absolute Gasteiger partial charge is 0.227 e. The molecule has 37 valence electrons. The van der Waals surface area contributed by atoms with Crippen LogP contribution in [0.25, 0.3) is 0 Å². The van der Waals surface area contributed by atoms with Crippen molar-refractivity contribution in [2.75, 3.05) is 6.26 Å². The van der Waals surface area contributed by atoms with E-state index < -0.39 is 9.84 Å². The third kappa shape index (κ3) is 4.24. The van der Waals surface area contributed by atoms with Crippen molar-refractivity contribution in [2.45, 2.75) is 0 Å². The highest BCUT2D eigenvalue weighted by atomic mass is 35.5. The minimum atomic E-state index is -3.02. The van der Waals surface area contributed by atoms with E-state index in [0.29, 0.717) is 5.21 Å². The van der Waals surface area contributed by atoms with Crippen LogP contribution < -0.4 is 0 Å². The molecule has 0 fully saturated rings. The summed E-state index contributed by atoms with van der Waals surface area (Å²) in [4.78, 5) is 0. The summed E-state index contributed by atoms with van der Waals surface area (Å²) < 4.78 is 19.6. The number of hydrogen-bond donors (Lipinski definition) is 0. The Balaban J connectivity index is 3.85. The van der Waals surface area contributed by atoms with E-state index in [2.05, 4.69) is 0 Å². The summed E-state index contributed by atoms with van der Waals surface area (Å²) in [5, 5.41) is 0.632. The fraction of sp³-hybridized carbons (Fsp3) is 0.500. The van der Waals surface area contributed by atoms with E-state index in [1.165, 1.54) is 0 Å². The van der Waals surface area contributed by atoms with Crippen LogP contribution in [0.5, 0.6) is 0 Å². The Labute approximate surface area is 42.0 Å². The lowest BCUT2D eigenvalue weighted by atomic mass is 11.9. The Hall–Kier alpha value is 0.240. The molecule has 0 aliphatic rings. The minimum Gasteiger partial charge on any atom is -0.227 e. The van der Waals surface area contributed by atoms with Crippen LogP contribution >= 0.6 is 11.6 Å². The van der Waals surface area contributed by atoms with E-state index in [1.807, 2.05) is 0 Å². The molecule has 0 aliphatic heterocycles. The van der Waals surface area contributed by atoms with Crippen molar-refractivity contribution >= 4 is 21.4 Å². The smallest absolute Gasteiger partial charge is 0.166 e. The van der Waals surface area contributed by atoms with Gasteiger partial charge in [0.2, 0.25) is 0 Å². The molecule has 0 aromatic heterocycles. The first kappa shape index (κ1) is 6.24. The maximum atomic E-state index is 9.81. The molecule has 4 heteroatoms. The lowest BCUT2D eigenvalue weighted by molar-refractivity contribution is 0.609. The molecule has 0 spiro atoms. The monoisotopic (exact) mass is 127 g/mol. The summed E-state index contributed by atoms with van der Waals surface area (Å²) in [6.45, 7) is 0. The molecule has 0 rings (SSSR count). The third-order valence-electron chi connectivity index (χ3n) is 0.162. The molecule has 0 bridgehead atoms. The van der Waals surface area contributed by atoms with E-state index in [-0.39, 0.29) is 0 Å². The lowest BCUT2D eigenvalue weighted by Gasteiger charge is -1.77. The van der Waals surface area contributed by atoms with Gasteiger partial charge < -0.3 is 0 Å². The molecule has 0 aliphatic carbocycles. The summed E-state index contributed by atoms with van der Waals surface area (Å²) in [5.41, 5.74) is 0. The highest BCUT2D eigenvalue weighted by Crippen LogP contribution is 1.91. The van der Waals surface area contributed by atoms with Crippen LogP contribution in [-0.4, -0.2) is 14.7 Å². The quantitative estimate of drug-likeness (QED) is 0.511. The fourth-order valence-electron chi connectivity index (χ4n) is 0. The second-order valence-electron chi connectivity index (χ2n) is 0.919. The van der Waals surface area contributed by atoms with E-state index in [4.69, 9.17) is 11.6 Å². The Kier molecular flexibility index (Phi) is 1.87. The summed E-state index contributed by atoms with van der Waals surface area (Å²) in [6.07, 6.45) is 1.03. The zero-order chi connectivity index (χ0) is 5.21. The van der Waals surface area contributed by atoms with Crippen molar-refractivity contribution in [1.82, 2.24) is 0 Å². The highest BCUT2D eigenvalue weighted by molar-refractivity contribution is 7.94. The van der Waals surface area contributed by atoms with Crippen LogP contribution in [-0.2, 0) is 9.84 Å². The van der Waals surface area contributed by atoms with Gasteiger partial charge in [-0.1, -0.05) is 0 Å². The van der Waals surface area contributed by atoms with Crippen LogP contribution in [0.2, 0.25) is 0 Å². The Morgan fingerprint density at radius 3 is 1.83 bits per heavy atom. The topological polar surface area (TPSA) is 34.1 Å². The predicted octanol–water partition coefficient (Wildman–Crippen LogP) is 0.389. The van der Waals surface area contributed by atoms with Crippen LogP contribution in [0.4, 0.5) is 0 Å². The van der Waals surface area contributed by atoms with Crippen LogP contribution in [0.1, 0.15) is 0 Å². The van der Waals surface area contributed by atoms with Gasteiger partial charge in [-0.25, -0.2) is 8.42 Å². The molecule has 0 amide bonds. The second-order valence-corrected chi connectivity index (χ2v) is 3.29.